The molecule has 0 aromatic carbocycles. The Morgan fingerprint density at radius 1 is 1.50 bits per heavy atom. The molecule has 0 bridgehead atoms. The van der Waals surface area contributed by atoms with Crippen LogP contribution in [0.3, 0.4) is 0 Å². The summed E-state index contributed by atoms with van der Waals surface area (Å²) in [4.78, 5) is 1.25. The second kappa shape index (κ2) is 5.38. The lowest BCUT2D eigenvalue weighted by molar-refractivity contribution is 0.555. The molecule has 1 N–H and O–H groups in total. The molecular formula is C9H12ClN5S. The van der Waals surface area contributed by atoms with E-state index in [0.29, 0.717) is 6.54 Å². The van der Waals surface area contributed by atoms with Crippen LogP contribution in [0.5, 0.6) is 0 Å². The molecule has 0 atom stereocenters. The Labute approximate surface area is 102 Å². The summed E-state index contributed by atoms with van der Waals surface area (Å²) in [5.41, 5.74) is 0. The molecule has 0 aliphatic rings. The van der Waals surface area contributed by atoms with E-state index in [1.807, 2.05) is 23.9 Å². The lowest BCUT2D eigenvalue weighted by Crippen LogP contribution is -2.14. The van der Waals surface area contributed by atoms with Crippen molar-refractivity contribution in [2.45, 2.75) is 19.5 Å². The van der Waals surface area contributed by atoms with Crippen LogP contribution in [0.4, 0.5) is 0 Å². The summed E-state index contributed by atoms with van der Waals surface area (Å²) in [6.45, 7) is 1.46. The Bertz CT molecular complexity index is 452. The van der Waals surface area contributed by atoms with E-state index in [1.165, 1.54) is 4.88 Å². The first-order valence-electron chi connectivity index (χ1n) is 4.93. The van der Waals surface area contributed by atoms with Gasteiger partial charge < -0.3 is 5.32 Å². The number of halogens is 1. The minimum Gasteiger partial charge on any atom is -0.313 e. The average molecular weight is 258 g/mol. The number of hydrogen-bond donors (Lipinski definition) is 1. The molecule has 0 amide bonds. The summed E-state index contributed by atoms with van der Waals surface area (Å²) in [5.74, 6) is 0.852. The molecular weight excluding hydrogens is 246 g/mol. The molecule has 2 aromatic heterocycles. The summed E-state index contributed by atoms with van der Waals surface area (Å²) in [5, 5.41) is 14.6. The number of tetrazole rings is 1. The zero-order valence-electron chi connectivity index (χ0n) is 8.85. The van der Waals surface area contributed by atoms with Crippen molar-refractivity contribution in [3.8, 4) is 0 Å². The molecule has 0 saturated carbocycles. The van der Waals surface area contributed by atoms with Gasteiger partial charge in [-0.15, -0.1) is 16.4 Å². The number of rotatable bonds is 5. The van der Waals surface area contributed by atoms with E-state index in [2.05, 4.69) is 20.8 Å². The van der Waals surface area contributed by atoms with Crippen LogP contribution in [0.1, 0.15) is 10.7 Å². The number of nitrogens with zero attached hydrogens (tertiary/aromatic N) is 4. The topological polar surface area (TPSA) is 55.6 Å². The van der Waals surface area contributed by atoms with E-state index < -0.39 is 0 Å². The van der Waals surface area contributed by atoms with Crippen molar-refractivity contribution in [3.63, 3.8) is 0 Å². The van der Waals surface area contributed by atoms with Gasteiger partial charge in [0.05, 0.1) is 10.9 Å². The van der Waals surface area contributed by atoms with Crippen molar-refractivity contribution in [3.05, 3.63) is 27.2 Å². The molecule has 0 aliphatic heterocycles. The zero-order valence-corrected chi connectivity index (χ0v) is 10.4. The Morgan fingerprint density at radius 2 is 2.38 bits per heavy atom. The second-order valence-corrected chi connectivity index (χ2v) is 5.10. The van der Waals surface area contributed by atoms with Gasteiger partial charge in [-0.25, -0.2) is 4.68 Å². The highest BCUT2D eigenvalue weighted by atomic mass is 35.5. The van der Waals surface area contributed by atoms with Gasteiger partial charge in [0.15, 0.2) is 5.82 Å². The van der Waals surface area contributed by atoms with Gasteiger partial charge in [-0.05, 0) is 29.6 Å². The molecule has 2 heterocycles. The third-order valence-corrected chi connectivity index (χ3v) is 3.43. The van der Waals surface area contributed by atoms with Crippen LogP contribution in [-0.2, 0) is 19.5 Å². The summed E-state index contributed by atoms with van der Waals surface area (Å²) < 4.78 is 2.63. The van der Waals surface area contributed by atoms with Crippen LogP contribution in [0.2, 0.25) is 4.34 Å². The number of hydrogen-bond acceptors (Lipinski definition) is 5. The highest BCUT2D eigenvalue weighted by molar-refractivity contribution is 7.16. The monoisotopic (exact) mass is 257 g/mol. The SMILES string of the molecule is CNCc1nnnn1CCc1ccc(Cl)s1. The van der Waals surface area contributed by atoms with Crippen LogP contribution >= 0.6 is 22.9 Å². The van der Waals surface area contributed by atoms with Crippen molar-refractivity contribution in [2.24, 2.45) is 0 Å². The third-order valence-electron chi connectivity index (χ3n) is 2.14. The van der Waals surface area contributed by atoms with Crippen LogP contribution in [0.15, 0.2) is 12.1 Å². The van der Waals surface area contributed by atoms with E-state index >= 15 is 0 Å². The molecule has 0 fully saturated rings. The Morgan fingerprint density at radius 3 is 3.06 bits per heavy atom. The van der Waals surface area contributed by atoms with Crippen LogP contribution < -0.4 is 5.32 Å². The Hall–Kier alpha value is -0.980. The lowest BCUT2D eigenvalue weighted by Gasteiger charge is -2.02. The number of thiophene rings is 1. The van der Waals surface area contributed by atoms with E-state index in [-0.39, 0.29) is 0 Å². The maximum atomic E-state index is 5.86. The standard InChI is InChI=1S/C9H12ClN5S/c1-11-6-9-12-13-14-15(9)5-4-7-2-3-8(10)16-7/h2-3,11H,4-6H2,1H3. The van der Waals surface area contributed by atoms with Gasteiger partial charge in [0.2, 0.25) is 0 Å². The smallest absolute Gasteiger partial charge is 0.165 e. The fourth-order valence-electron chi connectivity index (χ4n) is 1.38. The van der Waals surface area contributed by atoms with E-state index in [1.54, 1.807) is 11.3 Å². The average Bonchev–Trinajstić information content (AvgIpc) is 2.85. The molecule has 5 nitrogen and oxygen atoms in total. The normalized spacial score (nSPS) is 10.9. The quantitative estimate of drug-likeness (QED) is 0.879. The van der Waals surface area contributed by atoms with E-state index in [0.717, 1.165) is 23.1 Å². The maximum Gasteiger partial charge on any atom is 0.165 e. The first-order valence-corrected chi connectivity index (χ1v) is 6.13. The molecule has 86 valence electrons. The first-order chi connectivity index (χ1) is 7.79. The van der Waals surface area contributed by atoms with Gasteiger partial charge in [0, 0.05) is 17.8 Å². The van der Waals surface area contributed by atoms with Gasteiger partial charge in [0.25, 0.3) is 0 Å². The first kappa shape index (κ1) is 11.5. The maximum absolute atomic E-state index is 5.86. The zero-order chi connectivity index (χ0) is 11.4. The summed E-state index contributed by atoms with van der Waals surface area (Å²) in [6, 6.07) is 3.95. The fourth-order valence-corrected chi connectivity index (χ4v) is 2.46. The van der Waals surface area contributed by atoms with Crippen molar-refractivity contribution in [1.29, 1.82) is 0 Å². The lowest BCUT2D eigenvalue weighted by atomic mass is 10.3. The molecule has 0 saturated heterocycles. The number of nitrogens with one attached hydrogen (secondary N) is 1. The van der Waals surface area contributed by atoms with Crippen LogP contribution in [-0.4, -0.2) is 27.3 Å². The Balaban J connectivity index is 1.96. The highest BCUT2D eigenvalue weighted by Crippen LogP contribution is 2.21. The highest BCUT2D eigenvalue weighted by Gasteiger charge is 2.05. The molecule has 0 spiro atoms. The molecule has 0 radical (unpaired) electrons. The van der Waals surface area contributed by atoms with Crippen molar-refractivity contribution >= 4 is 22.9 Å². The summed E-state index contributed by atoms with van der Waals surface area (Å²) >= 11 is 7.46. The molecule has 7 heteroatoms. The predicted molar refractivity (Wildman–Crippen MR) is 63.6 cm³/mol. The summed E-state index contributed by atoms with van der Waals surface area (Å²) in [7, 11) is 1.87. The number of aromatic nitrogens is 4. The molecule has 2 aromatic rings. The van der Waals surface area contributed by atoms with Gasteiger partial charge >= 0.3 is 0 Å². The van der Waals surface area contributed by atoms with Crippen molar-refractivity contribution < 1.29 is 0 Å². The fraction of sp³-hybridized carbons (Fsp3) is 0.444. The van der Waals surface area contributed by atoms with Crippen molar-refractivity contribution in [1.82, 2.24) is 25.5 Å². The largest absolute Gasteiger partial charge is 0.313 e. The van der Waals surface area contributed by atoms with Gasteiger partial charge in [-0.3, -0.25) is 0 Å². The Kier molecular flexibility index (Phi) is 3.87. The second-order valence-electron chi connectivity index (χ2n) is 3.30. The minimum atomic E-state index is 0.679. The van der Waals surface area contributed by atoms with Crippen molar-refractivity contribution in [2.75, 3.05) is 7.05 Å². The van der Waals surface area contributed by atoms with Crippen LogP contribution in [0.25, 0.3) is 0 Å². The van der Waals surface area contributed by atoms with E-state index in [4.69, 9.17) is 11.6 Å². The summed E-state index contributed by atoms with van der Waals surface area (Å²) in [6.07, 6.45) is 0.902. The number of aryl methyl sites for hydroxylation is 2. The molecule has 0 unspecified atom stereocenters. The van der Waals surface area contributed by atoms with E-state index in [9.17, 15) is 0 Å². The van der Waals surface area contributed by atoms with Crippen LogP contribution in [0, 0.1) is 0 Å². The third kappa shape index (κ3) is 2.78. The predicted octanol–water partition coefficient (Wildman–Crippen LogP) is 1.35. The van der Waals surface area contributed by atoms with Gasteiger partial charge in [-0.2, -0.15) is 0 Å². The molecule has 2 rings (SSSR count). The minimum absolute atomic E-state index is 0.679. The van der Waals surface area contributed by atoms with Gasteiger partial charge in [-0.1, -0.05) is 11.6 Å². The molecule has 0 aliphatic carbocycles. The van der Waals surface area contributed by atoms with Gasteiger partial charge in [0.1, 0.15) is 0 Å². The molecule has 16 heavy (non-hydrogen) atoms.